The second-order valence-corrected chi connectivity index (χ2v) is 8.04. The van der Waals surface area contributed by atoms with Crippen molar-refractivity contribution in [1.82, 2.24) is 9.69 Å². The van der Waals surface area contributed by atoms with Gasteiger partial charge in [-0.05, 0) is 60.4 Å². The minimum atomic E-state index is -1.48. The van der Waals surface area contributed by atoms with Crippen LogP contribution in [0.1, 0.15) is 38.7 Å². The maximum absolute atomic E-state index is 13.7. The van der Waals surface area contributed by atoms with E-state index in [1.165, 1.54) is 24.3 Å². The number of amides is 3. The number of aromatic nitrogens is 1. The molecule has 1 atom stereocenters. The molecule has 1 aromatic heterocycles. The molecule has 13 heteroatoms. The lowest BCUT2D eigenvalue weighted by molar-refractivity contribution is -0.143. The number of benzene rings is 2. The van der Waals surface area contributed by atoms with Gasteiger partial charge in [-0.15, -0.1) is 0 Å². The number of primary amides is 1. The zero-order chi connectivity index (χ0) is 26.4. The van der Waals surface area contributed by atoms with Crippen LogP contribution in [0.25, 0.3) is 0 Å². The average Bonchev–Trinajstić information content (AvgIpc) is 3.24. The summed E-state index contributed by atoms with van der Waals surface area (Å²) in [6, 6.07) is 7.87. The number of hydrogen-bond donors (Lipinski definition) is 3. The highest BCUT2D eigenvalue weighted by atomic mass is 32.1. The molecule has 3 aromatic rings. The molecule has 0 fully saturated rings. The van der Waals surface area contributed by atoms with E-state index in [2.05, 4.69) is 9.69 Å². The lowest BCUT2D eigenvalue weighted by atomic mass is 10.0. The molecule has 3 rings (SSSR count). The van der Waals surface area contributed by atoms with Gasteiger partial charge in [0.15, 0.2) is 5.69 Å². The molecule has 0 aliphatic heterocycles. The Morgan fingerprint density at radius 2 is 1.64 bits per heavy atom. The highest BCUT2D eigenvalue weighted by Crippen LogP contribution is 2.33. The number of nitrogen functional groups attached to an aromatic ring is 1. The van der Waals surface area contributed by atoms with Crippen molar-refractivity contribution in [2.75, 3.05) is 23.8 Å². The first-order valence-electron chi connectivity index (χ1n) is 10.5. The summed E-state index contributed by atoms with van der Waals surface area (Å²) in [5.41, 5.74) is 10.8. The first-order chi connectivity index (χ1) is 17.1. The molecular weight excluding hydrogens is 496 g/mol. The van der Waals surface area contributed by atoms with Crippen molar-refractivity contribution in [2.24, 2.45) is 5.73 Å². The van der Waals surface area contributed by atoms with Crippen LogP contribution in [0.3, 0.4) is 0 Å². The molecule has 0 saturated heterocycles. The molecule has 0 unspecified atom stereocenters. The van der Waals surface area contributed by atoms with Crippen molar-refractivity contribution in [3.63, 3.8) is 0 Å². The Labute approximate surface area is 208 Å². The summed E-state index contributed by atoms with van der Waals surface area (Å²) in [5, 5.41) is 2.39. The van der Waals surface area contributed by atoms with Crippen LogP contribution in [0.2, 0.25) is 0 Å². The van der Waals surface area contributed by atoms with Gasteiger partial charge in [0.05, 0.1) is 12.3 Å². The summed E-state index contributed by atoms with van der Waals surface area (Å²) in [7, 11) is 0. The van der Waals surface area contributed by atoms with E-state index in [9.17, 15) is 28.0 Å². The zero-order valence-corrected chi connectivity index (χ0v) is 19.7. The van der Waals surface area contributed by atoms with Crippen LogP contribution >= 0.6 is 11.5 Å². The number of carbonyl (C=O) groups excluding carboxylic acids is 4. The van der Waals surface area contributed by atoms with Gasteiger partial charge in [0, 0.05) is 5.69 Å². The fraction of sp³-hybridized carbons (Fsp3) is 0.174. The summed E-state index contributed by atoms with van der Waals surface area (Å²) in [4.78, 5) is 51.3. The summed E-state index contributed by atoms with van der Waals surface area (Å²) in [5.74, 6) is -4.58. The average molecular weight is 518 g/mol. The van der Waals surface area contributed by atoms with Gasteiger partial charge >= 0.3 is 5.97 Å². The van der Waals surface area contributed by atoms with Crippen LogP contribution in [-0.2, 0) is 14.3 Å². The third-order valence-electron chi connectivity index (χ3n) is 4.88. The molecule has 1 heterocycles. The molecule has 5 N–H and O–H groups in total. The summed E-state index contributed by atoms with van der Waals surface area (Å²) >= 11 is 0.583. The summed E-state index contributed by atoms with van der Waals surface area (Å²) in [6.45, 7) is 1.17. The molecule has 0 bridgehead atoms. The van der Waals surface area contributed by atoms with Gasteiger partial charge in [-0.3, -0.25) is 24.1 Å². The topological polar surface area (TPSA) is 158 Å². The number of hydrogen-bond acceptors (Lipinski definition) is 8. The molecule has 0 radical (unpaired) electrons. The summed E-state index contributed by atoms with van der Waals surface area (Å²) in [6.07, 6.45) is 0. The third kappa shape index (κ3) is 5.81. The number of nitrogens with two attached hydrogens (primary N) is 2. The predicted molar refractivity (Wildman–Crippen MR) is 127 cm³/mol. The monoisotopic (exact) mass is 517 g/mol. The van der Waals surface area contributed by atoms with Gasteiger partial charge in [-0.2, -0.15) is 4.37 Å². The Hall–Kier alpha value is -4.39. The molecule has 2 aromatic carbocycles. The SMILES string of the molecule is CCOC(=O)CNC(=O)[C@H](c1ccc(F)cc1)N(C(=O)c1snc(C(N)=O)c1N)c1ccc(F)cc1. The third-order valence-corrected chi connectivity index (χ3v) is 5.73. The number of anilines is 2. The van der Waals surface area contributed by atoms with Gasteiger partial charge in [0.25, 0.3) is 11.8 Å². The Bertz CT molecular complexity index is 1280. The van der Waals surface area contributed by atoms with Crippen molar-refractivity contribution in [3.8, 4) is 0 Å². The lowest BCUT2D eigenvalue weighted by Crippen LogP contribution is -2.45. The zero-order valence-electron chi connectivity index (χ0n) is 18.9. The van der Waals surface area contributed by atoms with Gasteiger partial charge in [-0.1, -0.05) is 12.1 Å². The highest BCUT2D eigenvalue weighted by molar-refractivity contribution is 7.09. The van der Waals surface area contributed by atoms with Crippen LogP contribution in [0.15, 0.2) is 48.5 Å². The van der Waals surface area contributed by atoms with Crippen LogP contribution in [0.4, 0.5) is 20.2 Å². The minimum absolute atomic E-state index is 0.0652. The predicted octanol–water partition coefficient (Wildman–Crippen LogP) is 2.17. The number of nitrogens with zero attached hydrogens (tertiary/aromatic N) is 2. The molecule has 3 amide bonds. The summed E-state index contributed by atoms with van der Waals surface area (Å²) < 4.78 is 36.0. The fourth-order valence-electron chi connectivity index (χ4n) is 3.25. The second-order valence-electron chi connectivity index (χ2n) is 7.27. The Balaban J connectivity index is 2.14. The maximum atomic E-state index is 13.7. The molecule has 0 aliphatic rings. The first-order valence-corrected chi connectivity index (χ1v) is 11.2. The normalized spacial score (nSPS) is 11.4. The Morgan fingerprint density at radius 3 is 2.17 bits per heavy atom. The van der Waals surface area contributed by atoms with Gasteiger partial charge in [-0.25, -0.2) is 8.78 Å². The number of halogens is 2. The molecule has 0 saturated carbocycles. The van der Waals surface area contributed by atoms with E-state index in [1.807, 2.05) is 0 Å². The van der Waals surface area contributed by atoms with E-state index in [1.54, 1.807) is 6.92 Å². The van der Waals surface area contributed by atoms with Gasteiger partial charge < -0.3 is 21.5 Å². The smallest absolute Gasteiger partial charge is 0.325 e. The van der Waals surface area contributed by atoms with Crippen LogP contribution in [0, 0.1) is 11.6 Å². The standard InChI is InChI=1S/C23H21F2N5O5S/c1-2-35-16(31)11-28-22(33)19(12-3-5-13(24)6-4-12)30(15-9-7-14(25)8-10-15)23(34)20-17(26)18(21(27)32)29-36-20/h3-10,19H,2,11,26H2,1H3,(H2,27,32)(H,28,33)/t19-/m0/s1. The Kier molecular flexibility index (Phi) is 8.27. The van der Waals surface area contributed by atoms with Crippen LogP contribution in [0.5, 0.6) is 0 Å². The van der Waals surface area contributed by atoms with E-state index in [0.29, 0.717) is 11.5 Å². The van der Waals surface area contributed by atoms with Crippen molar-refractivity contribution in [2.45, 2.75) is 13.0 Å². The number of carbonyl (C=O) groups is 4. The van der Waals surface area contributed by atoms with Crippen molar-refractivity contribution in [1.29, 1.82) is 0 Å². The highest BCUT2D eigenvalue weighted by Gasteiger charge is 2.36. The number of esters is 1. The van der Waals surface area contributed by atoms with E-state index in [4.69, 9.17) is 16.2 Å². The molecular formula is C23H21F2N5O5S. The van der Waals surface area contributed by atoms with Gasteiger partial charge in [0.2, 0.25) is 5.91 Å². The second kappa shape index (κ2) is 11.4. The van der Waals surface area contributed by atoms with Crippen molar-refractivity contribution >= 4 is 46.6 Å². The molecule has 0 spiro atoms. The number of rotatable bonds is 9. The number of nitrogens with one attached hydrogen (secondary N) is 1. The van der Waals surface area contributed by atoms with Crippen molar-refractivity contribution < 1.29 is 32.7 Å². The minimum Gasteiger partial charge on any atom is -0.465 e. The van der Waals surface area contributed by atoms with Crippen LogP contribution < -0.4 is 21.7 Å². The van der Waals surface area contributed by atoms with Gasteiger partial charge in [0.1, 0.15) is 29.1 Å². The molecule has 36 heavy (non-hydrogen) atoms. The largest absolute Gasteiger partial charge is 0.465 e. The molecule has 10 nitrogen and oxygen atoms in total. The quantitative estimate of drug-likeness (QED) is 0.367. The van der Waals surface area contributed by atoms with E-state index in [0.717, 1.165) is 29.2 Å². The lowest BCUT2D eigenvalue weighted by Gasteiger charge is -2.31. The fourth-order valence-corrected chi connectivity index (χ4v) is 4.00. The van der Waals surface area contributed by atoms with E-state index >= 15 is 0 Å². The van der Waals surface area contributed by atoms with Crippen LogP contribution in [-0.4, -0.2) is 41.2 Å². The maximum Gasteiger partial charge on any atom is 0.325 e. The van der Waals surface area contributed by atoms with E-state index in [-0.39, 0.29) is 34.1 Å². The molecule has 188 valence electrons. The number of ether oxygens (including phenoxy) is 1. The van der Waals surface area contributed by atoms with Crippen molar-refractivity contribution in [3.05, 3.63) is 76.3 Å². The Morgan fingerprint density at radius 1 is 1.06 bits per heavy atom. The first kappa shape index (κ1) is 26.2. The van der Waals surface area contributed by atoms with E-state index < -0.39 is 47.9 Å². The molecule has 0 aliphatic carbocycles.